The van der Waals surface area contributed by atoms with Gasteiger partial charge in [0.05, 0.1) is 17.8 Å². The maximum absolute atomic E-state index is 5.89. The van der Waals surface area contributed by atoms with Gasteiger partial charge in [0, 0.05) is 29.8 Å². The van der Waals surface area contributed by atoms with Crippen LogP contribution in [0.4, 0.5) is 5.69 Å². The number of aromatic nitrogens is 2. The van der Waals surface area contributed by atoms with Gasteiger partial charge in [-0.1, -0.05) is 48.5 Å². The van der Waals surface area contributed by atoms with Crippen LogP contribution in [0, 0.1) is 20.8 Å². The van der Waals surface area contributed by atoms with Crippen molar-refractivity contribution in [2.75, 3.05) is 4.90 Å². The second-order valence-corrected chi connectivity index (χ2v) is 9.12. The van der Waals surface area contributed by atoms with E-state index in [0.29, 0.717) is 0 Å². The number of benzene rings is 2. The molecule has 3 heterocycles. The van der Waals surface area contributed by atoms with Crippen molar-refractivity contribution in [3.63, 3.8) is 0 Å². The Labute approximate surface area is 200 Å². The van der Waals surface area contributed by atoms with Crippen molar-refractivity contribution in [1.29, 1.82) is 0 Å². The van der Waals surface area contributed by atoms with Crippen LogP contribution in [-0.2, 0) is 6.54 Å². The Bertz CT molecular complexity index is 1280. The minimum Gasteiger partial charge on any atom is -0.351 e. The van der Waals surface area contributed by atoms with Crippen molar-refractivity contribution in [3.8, 4) is 0 Å². The zero-order valence-corrected chi connectivity index (χ0v) is 20.0. The summed E-state index contributed by atoms with van der Waals surface area (Å²) in [5.41, 5.74) is 8.37. The summed E-state index contributed by atoms with van der Waals surface area (Å²) < 4.78 is 2.40. The molecule has 2 unspecified atom stereocenters. The van der Waals surface area contributed by atoms with E-state index in [1.165, 1.54) is 28.1 Å². The highest BCUT2D eigenvalue weighted by molar-refractivity contribution is 7.80. The summed E-state index contributed by atoms with van der Waals surface area (Å²) in [6, 6.07) is 27.5. The highest BCUT2D eigenvalue weighted by Crippen LogP contribution is 2.43. The van der Waals surface area contributed by atoms with E-state index in [9.17, 15) is 0 Å². The quantitative estimate of drug-likeness (QED) is 0.375. The van der Waals surface area contributed by atoms with Gasteiger partial charge in [0.15, 0.2) is 5.11 Å². The molecule has 0 spiro atoms. The highest BCUT2D eigenvalue weighted by atomic mass is 32.1. The number of nitrogens with one attached hydrogen (secondary N) is 1. The minimum atomic E-state index is -0.0371. The molecule has 4 nitrogen and oxygen atoms in total. The molecule has 1 saturated heterocycles. The van der Waals surface area contributed by atoms with Gasteiger partial charge in [-0.2, -0.15) is 0 Å². The first-order chi connectivity index (χ1) is 16.0. The van der Waals surface area contributed by atoms with E-state index in [4.69, 9.17) is 12.2 Å². The lowest BCUT2D eigenvalue weighted by Gasteiger charge is -2.28. The van der Waals surface area contributed by atoms with Crippen LogP contribution in [0.15, 0.2) is 85.1 Å². The summed E-state index contributed by atoms with van der Waals surface area (Å²) in [7, 11) is 0. The van der Waals surface area contributed by atoms with Crippen LogP contribution in [0.1, 0.15) is 45.9 Å². The number of thiocarbonyl (C=S) groups is 1. The number of hydrogen-bond donors (Lipinski definition) is 1. The molecule has 0 amide bonds. The van der Waals surface area contributed by atoms with Crippen LogP contribution in [0.5, 0.6) is 0 Å². The molecule has 0 radical (unpaired) electrons. The Kier molecular flexibility index (Phi) is 5.73. The zero-order chi connectivity index (χ0) is 22.9. The van der Waals surface area contributed by atoms with Crippen molar-refractivity contribution in [3.05, 3.63) is 119 Å². The average Bonchev–Trinajstić information content (AvgIpc) is 3.31. The molecule has 5 rings (SSSR count). The second-order valence-electron chi connectivity index (χ2n) is 8.73. The van der Waals surface area contributed by atoms with Gasteiger partial charge in [0.2, 0.25) is 0 Å². The largest absolute Gasteiger partial charge is 0.351 e. The van der Waals surface area contributed by atoms with Crippen molar-refractivity contribution in [2.24, 2.45) is 0 Å². The average molecular weight is 453 g/mol. The molecule has 2 aromatic heterocycles. The Morgan fingerprint density at radius 3 is 2.42 bits per heavy atom. The van der Waals surface area contributed by atoms with E-state index in [2.05, 4.69) is 107 Å². The van der Waals surface area contributed by atoms with E-state index < -0.39 is 0 Å². The van der Waals surface area contributed by atoms with Crippen molar-refractivity contribution in [2.45, 2.75) is 39.4 Å². The molecule has 1 aliphatic heterocycles. The Morgan fingerprint density at radius 2 is 1.70 bits per heavy atom. The third-order valence-corrected chi connectivity index (χ3v) is 6.81. The van der Waals surface area contributed by atoms with Gasteiger partial charge in [0.25, 0.3) is 0 Å². The van der Waals surface area contributed by atoms with Crippen molar-refractivity contribution < 1.29 is 0 Å². The van der Waals surface area contributed by atoms with Gasteiger partial charge in [-0.05, 0) is 80.0 Å². The fourth-order valence-corrected chi connectivity index (χ4v) is 5.21. The summed E-state index contributed by atoms with van der Waals surface area (Å²) in [5, 5.41) is 4.31. The van der Waals surface area contributed by atoms with E-state index in [1.54, 1.807) is 0 Å². The monoisotopic (exact) mass is 452 g/mol. The van der Waals surface area contributed by atoms with Crippen LogP contribution in [0.3, 0.4) is 0 Å². The lowest BCUT2D eigenvalue weighted by Crippen LogP contribution is -2.29. The summed E-state index contributed by atoms with van der Waals surface area (Å²) in [6.07, 6.45) is 1.85. The molecule has 33 heavy (non-hydrogen) atoms. The van der Waals surface area contributed by atoms with Gasteiger partial charge >= 0.3 is 0 Å². The maximum atomic E-state index is 5.89. The summed E-state index contributed by atoms with van der Waals surface area (Å²) >= 11 is 5.89. The number of rotatable bonds is 5. The predicted molar refractivity (Wildman–Crippen MR) is 139 cm³/mol. The van der Waals surface area contributed by atoms with Crippen molar-refractivity contribution in [1.82, 2.24) is 14.9 Å². The summed E-state index contributed by atoms with van der Waals surface area (Å²) in [5.74, 6) is 0. The molecular weight excluding hydrogens is 424 g/mol. The number of hydrogen-bond acceptors (Lipinski definition) is 2. The molecule has 0 bridgehead atoms. The van der Waals surface area contributed by atoms with Gasteiger partial charge in [-0.25, -0.2) is 0 Å². The van der Waals surface area contributed by atoms with Gasteiger partial charge in [-0.15, -0.1) is 0 Å². The first-order valence-corrected chi connectivity index (χ1v) is 11.7. The molecule has 0 aliphatic carbocycles. The Morgan fingerprint density at radius 1 is 0.909 bits per heavy atom. The highest BCUT2D eigenvalue weighted by Gasteiger charge is 2.42. The first kappa shape index (κ1) is 21.4. The molecule has 2 aromatic carbocycles. The lowest BCUT2D eigenvalue weighted by molar-refractivity contribution is 0.563. The molecule has 166 valence electrons. The van der Waals surface area contributed by atoms with Gasteiger partial charge in [-0.3, -0.25) is 4.98 Å². The fraction of sp³-hybridized carbons (Fsp3) is 0.214. The van der Waals surface area contributed by atoms with Crippen LogP contribution in [0.2, 0.25) is 0 Å². The van der Waals surface area contributed by atoms with Crippen molar-refractivity contribution >= 4 is 23.0 Å². The van der Waals surface area contributed by atoms with Crippen LogP contribution in [-0.4, -0.2) is 14.7 Å². The molecule has 1 fully saturated rings. The molecule has 1 N–H and O–H groups in total. The number of aryl methyl sites for hydroxylation is 2. The van der Waals surface area contributed by atoms with E-state index in [1.807, 2.05) is 18.3 Å². The SMILES string of the molecule is Cc1cccc(N2C(=S)NC(c3ccccn3)C2c2cc(C)n(Cc3ccccc3)c2C)c1. The Balaban J connectivity index is 1.63. The van der Waals surface area contributed by atoms with Crippen LogP contribution < -0.4 is 10.2 Å². The standard InChI is InChI=1S/C28H28N4S/c1-19-10-9-13-23(16-19)32-27(26(30-28(32)33)25-14-7-8-15-29-25)24-17-20(2)31(21(24)3)18-22-11-5-4-6-12-22/h4-17,26-27H,18H2,1-3H3,(H,30,33). The first-order valence-electron chi connectivity index (χ1n) is 11.3. The second kappa shape index (κ2) is 8.83. The molecule has 1 aliphatic rings. The van der Waals surface area contributed by atoms with Crippen LogP contribution in [0.25, 0.3) is 0 Å². The van der Waals surface area contributed by atoms with E-state index in [0.717, 1.165) is 23.0 Å². The maximum Gasteiger partial charge on any atom is 0.174 e. The molecular formula is C28H28N4S. The molecule has 0 saturated carbocycles. The van der Waals surface area contributed by atoms with Gasteiger partial charge in [0.1, 0.15) is 0 Å². The topological polar surface area (TPSA) is 33.1 Å². The summed E-state index contributed by atoms with van der Waals surface area (Å²) in [4.78, 5) is 6.95. The minimum absolute atomic E-state index is 0.00456. The number of pyridine rings is 1. The molecule has 2 atom stereocenters. The van der Waals surface area contributed by atoms with Gasteiger partial charge < -0.3 is 14.8 Å². The van der Waals surface area contributed by atoms with E-state index >= 15 is 0 Å². The third-order valence-electron chi connectivity index (χ3n) is 6.49. The number of anilines is 1. The number of nitrogens with zero attached hydrogens (tertiary/aromatic N) is 3. The fourth-order valence-electron chi connectivity index (χ4n) is 4.86. The zero-order valence-electron chi connectivity index (χ0n) is 19.2. The molecule has 4 aromatic rings. The lowest BCUT2D eigenvalue weighted by atomic mass is 9.96. The Hall–Kier alpha value is -3.44. The predicted octanol–water partition coefficient (Wildman–Crippen LogP) is 6.03. The normalized spacial score (nSPS) is 17.9. The molecule has 5 heteroatoms. The summed E-state index contributed by atoms with van der Waals surface area (Å²) in [6.45, 7) is 7.37. The third kappa shape index (κ3) is 4.05. The van der Waals surface area contributed by atoms with Crippen LogP contribution >= 0.6 is 12.2 Å². The smallest absolute Gasteiger partial charge is 0.174 e. The van der Waals surface area contributed by atoms with E-state index in [-0.39, 0.29) is 12.1 Å².